The third kappa shape index (κ3) is 7.80. The lowest BCUT2D eigenvalue weighted by atomic mass is 10.0. The molecule has 0 spiro atoms. The number of unbranched alkanes of at least 4 members (excludes halogenated alkanes) is 2. The first-order valence-electron chi connectivity index (χ1n) is 12.3. The molecule has 1 aliphatic rings. The van der Waals surface area contributed by atoms with E-state index in [1.165, 1.54) is 0 Å². The van der Waals surface area contributed by atoms with Crippen LogP contribution >= 0.6 is 11.6 Å². The number of hydrogen-bond donors (Lipinski definition) is 1. The number of nitrogens with one attached hydrogen (secondary N) is 1. The van der Waals surface area contributed by atoms with Crippen molar-refractivity contribution in [3.8, 4) is 12.3 Å². The van der Waals surface area contributed by atoms with E-state index >= 15 is 4.39 Å². The summed E-state index contributed by atoms with van der Waals surface area (Å²) in [5, 5.41) is 2.79. The average molecular weight is 577 g/mol. The maximum atomic E-state index is 15.1. The number of carbonyl (C=O) groups is 3. The number of ketones is 1. The third-order valence-electron chi connectivity index (χ3n) is 5.84. The molecule has 39 heavy (non-hydrogen) atoms. The first-order chi connectivity index (χ1) is 18.2. The molecule has 2 amide bonds. The van der Waals surface area contributed by atoms with Gasteiger partial charge in [-0.3, -0.25) is 9.59 Å². The second-order valence-corrected chi connectivity index (χ2v) is 12.6. The second-order valence-electron chi connectivity index (χ2n) is 10.2. The summed E-state index contributed by atoms with van der Waals surface area (Å²) in [6, 6.07) is 6.81. The van der Waals surface area contributed by atoms with Crippen LogP contribution in [0, 0.1) is 18.2 Å². The lowest BCUT2D eigenvalue weighted by molar-refractivity contribution is -0.120. The van der Waals surface area contributed by atoms with Gasteiger partial charge in [-0.25, -0.2) is 17.6 Å². The van der Waals surface area contributed by atoms with E-state index in [0.717, 1.165) is 17.0 Å². The number of alkyl carbamates (subject to hydrolysis) is 1. The molecule has 2 aromatic carbocycles. The van der Waals surface area contributed by atoms with Crippen molar-refractivity contribution in [1.82, 2.24) is 5.32 Å². The topological polar surface area (TPSA) is 110 Å². The molecule has 0 saturated heterocycles. The molecule has 0 aliphatic carbocycles. The van der Waals surface area contributed by atoms with Gasteiger partial charge in [0.2, 0.25) is 0 Å². The van der Waals surface area contributed by atoms with Gasteiger partial charge in [-0.05, 0) is 63.4 Å². The highest BCUT2D eigenvalue weighted by atomic mass is 35.5. The summed E-state index contributed by atoms with van der Waals surface area (Å²) in [5.74, 6) is -0.681. The molecule has 208 valence electrons. The maximum Gasteiger partial charge on any atom is 0.408 e. The smallest absolute Gasteiger partial charge is 0.408 e. The molecule has 1 heterocycles. The van der Waals surface area contributed by atoms with Crippen LogP contribution in [-0.4, -0.2) is 43.6 Å². The minimum atomic E-state index is -4.30. The normalized spacial score (nSPS) is 16.6. The minimum Gasteiger partial charge on any atom is -0.444 e. The molecular formula is C28H30ClFN2O6S. The molecule has 0 aromatic heterocycles. The molecule has 8 nitrogen and oxygen atoms in total. The van der Waals surface area contributed by atoms with E-state index < -0.39 is 55.7 Å². The number of sulfone groups is 1. The predicted octanol–water partition coefficient (Wildman–Crippen LogP) is 5.07. The van der Waals surface area contributed by atoms with Crippen LogP contribution in [0.15, 0.2) is 41.3 Å². The Kier molecular flexibility index (Phi) is 9.41. The first-order valence-corrected chi connectivity index (χ1v) is 14.3. The number of terminal acetylenes is 1. The van der Waals surface area contributed by atoms with Crippen molar-refractivity contribution < 1.29 is 31.9 Å². The Hall–Kier alpha value is -3.42. The quantitative estimate of drug-likeness (QED) is 0.267. The lowest BCUT2D eigenvalue weighted by Gasteiger charge is -2.27. The Morgan fingerprint density at radius 2 is 1.87 bits per heavy atom. The van der Waals surface area contributed by atoms with Gasteiger partial charge in [0.05, 0.1) is 28.4 Å². The van der Waals surface area contributed by atoms with Gasteiger partial charge in [0, 0.05) is 17.9 Å². The van der Waals surface area contributed by atoms with Crippen LogP contribution in [0.2, 0.25) is 5.02 Å². The highest BCUT2D eigenvalue weighted by Gasteiger charge is 2.40. The fraction of sp³-hybridized carbons (Fsp3) is 0.393. The van der Waals surface area contributed by atoms with Crippen molar-refractivity contribution in [2.45, 2.75) is 69.5 Å². The Morgan fingerprint density at radius 3 is 2.49 bits per heavy atom. The number of halogens is 2. The monoisotopic (exact) mass is 576 g/mol. The van der Waals surface area contributed by atoms with Crippen LogP contribution in [0.5, 0.6) is 0 Å². The van der Waals surface area contributed by atoms with Crippen LogP contribution in [0.25, 0.3) is 0 Å². The highest BCUT2D eigenvalue weighted by Crippen LogP contribution is 2.35. The number of amides is 2. The molecule has 0 fully saturated rings. The van der Waals surface area contributed by atoms with Gasteiger partial charge < -0.3 is 15.0 Å². The zero-order valence-corrected chi connectivity index (χ0v) is 23.5. The maximum absolute atomic E-state index is 15.1. The summed E-state index contributed by atoms with van der Waals surface area (Å²) in [6.45, 7) is 4.73. The van der Waals surface area contributed by atoms with Gasteiger partial charge in [-0.1, -0.05) is 23.7 Å². The third-order valence-corrected chi connectivity index (χ3v) is 7.87. The van der Waals surface area contributed by atoms with E-state index in [1.807, 2.05) is 0 Å². The van der Waals surface area contributed by atoms with E-state index in [2.05, 4.69) is 11.2 Å². The predicted molar refractivity (Wildman–Crippen MR) is 146 cm³/mol. The van der Waals surface area contributed by atoms with Crippen molar-refractivity contribution in [3.63, 3.8) is 0 Å². The van der Waals surface area contributed by atoms with E-state index in [1.54, 1.807) is 45.0 Å². The Morgan fingerprint density at radius 1 is 1.21 bits per heavy atom. The molecule has 2 aromatic rings. The zero-order valence-electron chi connectivity index (χ0n) is 21.9. The number of nitrogens with zero attached hydrogens (tertiary/aromatic N) is 1. The molecular weight excluding hydrogens is 547 g/mol. The van der Waals surface area contributed by atoms with E-state index in [9.17, 15) is 22.8 Å². The summed E-state index contributed by atoms with van der Waals surface area (Å²) >= 11 is 5.98. The summed E-state index contributed by atoms with van der Waals surface area (Å²) in [7, 11) is -4.30. The molecule has 1 N–H and O–H groups in total. The molecule has 3 rings (SSSR count). The standard InChI is InChI=1S/C28H30ClFN2O6S/c1-5-6-7-8-9-24(33)20-14-23-25(15-21(20)30)39(36,37)17-22(31-27(35)38-28(2,3)4)26(34)32(23)16-18-10-12-19(29)13-11-18/h1,10-15,22H,6-9,16-17H2,2-4H3,(H,31,35)/t22-/m0/s1. The van der Waals surface area contributed by atoms with Gasteiger partial charge in [-0.2, -0.15) is 0 Å². The summed E-state index contributed by atoms with van der Waals surface area (Å²) in [5.41, 5.74) is -0.809. The molecule has 0 bridgehead atoms. The van der Waals surface area contributed by atoms with E-state index in [4.69, 9.17) is 22.8 Å². The number of fused-ring (bicyclic) bond motifs is 1. The molecule has 11 heteroatoms. The molecule has 0 radical (unpaired) electrons. The molecule has 0 saturated carbocycles. The van der Waals surface area contributed by atoms with Crippen molar-refractivity contribution in [1.29, 1.82) is 0 Å². The van der Waals surface area contributed by atoms with Gasteiger partial charge in [-0.15, -0.1) is 12.3 Å². The van der Waals surface area contributed by atoms with Crippen LogP contribution in [0.3, 0.4) is 0 Å². The number of anilines is 1. The number of carbonyl (C=O) groups excluding carboxylic acids is 3. The molecule has 1 aliphatic heterocycles. The van der Waals surface area contributed by atoms with Crippen LogP contribution < -0.4 is 10.2 Å². The Balaban J connectivity index is 2.09. The number of benzene rings is 2. The Bertz CT molecular complexity index is 1410. The SMILES string of the molecule is C#CCCCCC(=O)c1cc2c(cc1F)S(=O)(=O)C[C@H](NC(=O)OC(C)(C)C)C(=O)N2Cc1ccc(Cl)cc1. The first kappa shape index (κ1) is 30.1. The molecule has 0 unspecified atom stereocenters. The van der Waals surface area contributed by atoms with Crippen LogP contribution in [-0.2, 0) is 25.9 Å². The van der Waals surface area contributed by atoms with Crippen molar-refractivity contribution in [2.24, 2.45) is 0 Å². The number of rotatable bonds is 8. The van der Waals surface area contributed by atoms with Crippen molar-refractivity contribution in [2.75, 3.05) is 10.7 Å². The van der Waals surface area contributed by atoms with Gasteiger partial charge >= 0.3 is 6.09 Å². The largest absolute Gasteiger partial charge is 0.444 e. The Labute approximate surface area is 232 Å². The molecule has 1 atom stereocenters. The van der Waals surface area contributed by atoms with Gasteiger partial charge in [0.1, 0.15) is 17.5 Å². The summed E-state index contributed by atoms with van der Waals surface area (Å²) in [4.78, 5) is 39.8. The van der Waals surface area contributed by atoms with Crippen molar-refractivity contribution in [3.05, 3.63) is 58.4 Å². The zero-order chi connectivity index (χ0) is 29.0. The summed E-state index contributed by atoms with van der Waals surface area (Å²) in [6.07, 6.45) is 5.71. The fourth-order valence-corrected chi connectivity index (χ4v) is 5.78. The summed E-state index contributed by atoms with van der Waals surface area (Å²) < 4.78 is 47.1. The average Bonchev–Trinajstić information content (AvgIpc) is 2.90. The van der Waals surface area contributed by atoms with Crippen LogP contribution in [0.4, 0.5) is 14.9 Å². The number of ether oxygens (including phenoxy) is 1. The minimum absolute atomic E-state index is 0.00189. The lowest BCUT2D eigenvalue weighted by Crippen LogP contribution is -2.51. The number of Topliss-reactive ketones (excluding diaryl/α,β-unsaturated/α-hetero) is 1. The fourth-order valence-electron chi connectivity index (χ4n) is 4.04. The van der Waals surface area contributed by atoms with Crippen molar-refractivity contribution >= 4 is 44.9 Å². The van der Waals surface area contributed by atoms with Gasteiger partial charge in [0.15, 0.2) is 15.6 Å². The van der Waals surface area contributed by atoms with Crippen LogP contribution in [0.1, 0.15) is 62.4 Å². The number of hydrogen-bond acceptors (Lipinski definition) is 6. The second kappa shape index (κ2) is 12.2. The highest BCUT2D eigenvalue weighted by molar-refractivity contribution is 7.91. The van der Waals surface area contributed by atoms with E-state index in [-0.39, 0.29) is 24.2 Å². The van der Waals surface area contributed by atoms with E-state index in [0.29, 0.717) is 29.8 Å². The van der Waals surface area contributed by atoms with Gasteiger partial charge in [0.25, 0.3) is 5.91 Å².